The van der Waals surface area contributed by atoms with Gasteiger partial charge >= 0.3 is 5.97 Å². The topological polar surface area (TPSA) is 55.1 Å². The molecular weight excluding hydrogens is 216 g/mol. The predicted molar refractivity (Wildman–Crippen MR) is 65.0 cm³/mol. The second-order valence-corrected chi connectivity index (χ2v) is 3.82. The van der Waals surface area contributed by atoms with E-state index in [0.717, 1.165) is 16.8 Å². The fourth-order valence-electron chi connectivity index (χ4n) is 2.00. The van der Waals surface area contributed by atoms with Crippen LogP contribution in [0.3, 0.4) is 0 Å². The molecule has 4 nitrogen and oxygen atoms in total. The molecule has 0 saturated carbocycles. The minimum atomic E-state index is -0.931. The first-order valence-electron chi connectivity index (χ1n) is 5.49. The van der Waals surface area contributed by atoms with Gasteiger partial charge in [0.05, 0.1) is 5.69 Å². The van der Waals surface area contributed by atoms with Gasteiger partial charge in [0.25, 0.3) is 0 Å². The molecule has 1 N–H and O–H groups in total. The number of hydrogen-bond acceptors (Lipinski definition) is 2. The number of carbonyl (C=O) groups is 1. The van der Waals surface area contributed by atoms with Crippen LogP contribution in [0.2, 0.25) is 0 Å². The van der Waals surface area contributed by atoms with Gasteiger partial charge in [-0.3, -0.25) is 4.68 Å². The first-order chi connectivity index (χ1) is 8.15. The van der Waals surface area contributed by atoms with Gasteiger partial charge < -0.3 is 5.11 Å². The van der Waals surface area contributed by atoms with Gasteiger partial charge in [-0.15, -0.1) is 0 Å². The number of carboxylic acids is 1. The minimum Gasteiger partial charge on any atom is -0.477 e. The normalized spacial score (nSPS) is 10.5. The molecule has 0 spiro atoms. The summed E-state index contributed by atoms with van der Waals surface area (Å²) in [5, 5.41) is 13.5. The summed E-state index contributed by atoms with van der Waals surface area (Å²) in [5.74, 6) is -0.931. The first-order valence-corrected chi connectivity index (χ1v) is 5.49. The summed E-state index contributed by atoms with van der Waals surface area (Å²) in [6.07, 6.45) is 0.652. The molecule has 1 aromatic heterocycles. The predicted octanol–water partition coefficient (Wildman–Crippen LogP) is 2.35. The van der Waals surface area contributed by atoms with E-state index in [-0.39, 0.29) is 5.69 Å². The molecule has 0 aliphatic rings. The Hall–Kier alpha value is -2.10. The lowest BCUT2D eigenvalue weighted by Gasteiger charge is -2.00. The Morgan fingerprint density at radius 1 is 1.35 bits per heavy atom. The van der Waals surface area contributed by atoms with Crippen LogP contribution >= 0.6 is 0 Å². The standard InChI is InChI=1S/C13H14N2O2/c1-3-10-11(9-7-5-4-6-8-9)14-15(2)12(10)13(16)17/h4-8H,3H2,1-2H3,(H,16,17). The number of hydrogen-bond donors (Lipinski definition) is 1. The zero-order chi connectivity index (χ0) is 12.4. The number of nitrogens with zero attached hydrogens (tertiary/aromatic N) is 2. The van der Waals surface area contributed by atoms with Crippen molar-refractivity contribution in [3.8, 4) is 11.3 Å². The zero-order valence-electron chi connectivity index (χ0n) is 9.84. The molecule has 0 atom stereocenters. The van der Waals surface area contributed by atoms with E-state index in [1.807, 2.05) is 37.3 Å². The Balaban J connectivity index is 2.64. The molecule has 2 rings (SSSR count). The maximum Gasteiger partial charge on any atom is 0.354 e. The largest absolute Gasteiger partial charge is 0.477 e. The molecule has 1 aromatic carbocycles. The third kappa shape index (κ3) is 1.93. The summed E-state index contributed by atoms with van der Waals surface area (Å²) >= 11 is 0. The molecule has 0 radical (unpaired) electrons. The van der Waals surface area contributed by atoms with E-state index >= 15 is 0 Å². The Bertz CT molecular complexity index is 544. The number of aryl methyl sites for hydroxylation is 1. The Morgan fingerprint density at radius 2 is 2.00 bits per heavy atom. The van der Waals surface area contributed by atoms with Crippen LogP contribution < -0.4 is 0 Å². The van der Waals surface area contributed by atoms with Crippen LogP contribution in [-0.4, -0.2) is 20.9 Å². The van der Waals surface area contributed by atoms with E-state index in [4.69, 9.17) is 0 Å². The molecule has 2 aromatic rings. The van der Waals surface area contributed by atoms with Crippen molar-refractivity contribution in [3.63, 3.8) is 0 Å². The summed E-state index contributed by atoms with van der Waals surface area (Å²) in [6.45, 7) is 1.94. The summed E-state index contributed by atoms with van der Waals surface area (Å²) in [5.41, 5.74) is 2.76. The van der Waals surface area contributed by atoms with E-state index < -0.39 is 5.97 Å². The average molecular weight is 230 g/mol. The van der Waals surface area contributed by atoms with Crippen molar-refractivity contribution >= 4 is 5.97 Å². The van der Waals surface area contributed by atoms with Crippen LogP contribution in [0.15, 0.2) is 30.3 Å². The molecule has 0 saturated heterocycles. The third-order valence-electron chi connectivity index (χ3n) is 2.75. The van der Waals surface area contributed by atoms with E-state index in [1.165, 1.54) is 4.68 Å². The van der Waals surface area contributed by atoms with Crippen LogP contribution in [-0.2, 0) is 13.5 Å². The lowest BCUT2D eigenvalue weighted by molar-refractivity contribution is 0.0684. The third-order valence-corrected chi connectivity index (χ3v) is 2.75. The van der Waals surface area contributed by atoms with Gasteiger partial charge in [-0.25, -0.2) is 4.79 Å². The Labute approximate surface area is 99.5 Å². The molecule has 1 heterocycles. The molecule has 17 heavy (non-hydrogen) atoms. The van der Waals surface area contributed by atoms with Crippen LogP contribution in [0.1, 0.15) is 23.0 Å². The van der Waals surface area contributed by atoms with Crippen LogP contribution in [0.25, 0.3) is 11.3 Å². The van der Waals surface area contributed by atoms with Gasteiger partial charge in [0.15, 0.2) is 0 Å². The smallest absolute Gasteiger partial charge is 0.354 e. The fraction of sp³-hybridized carbons (Fsp3) is 0.231. The van der Waals surface area contributed by atoms with Crippen LogP contribution in [0.4, 0.5) is 0 Å². The molecule has 0 amide bonds. The van der Waals surface area contributed by atoms with Crippen molar-refractivity contribution in [1.29, 1.82) is 0 Å². The second-order valence-electron chi connectivity index (χ2n) is 3.82. The highest BCUT2D eigenvalue weighted by Crippen LogP contribution is 2.25. The van der Waals surface area contributed by atoms with E-state index in [1.54, 1.807) is 7.05 Å². The number of aromatic nitrogens is 2. The van der Waals surface area contributed by atoms with Gasteiger partial charge in [-0.2, -0.15) is 5.10 Å². The number of rotatable bonds is 3. The van der Waals surface area contributed by atoms with Crippen molar-refractivity contribution in [1.82, 2.24) is 9.78 Å². The fourth-order valence-corrected chi connectivity index (χ4v) is 2.00. The van der Waals surface area contributed by atoms with Crippen molar-refractivity contribution in [2.24, 2.45) is 7.05 Å². The molecule has 4 heteroatoms. The molecule has 0 fully saturated rings. The second kappa shape index (κ2) is 4.41. The molecule has 88 valence electrons. The van der Waals surface area contributed by atoms with Gasteiger partial charge in [0, 0.05) is 18.2 Å². The average Bonchev–Trinajstić information content (AvgIpc) is 2.67. The van der Waals surface area contributed by atoms with E-state index in [2.05, 4.69) is 5.10 Å². The summed E-state index contributed by atoms with van der Waals surface area (Å²) in [7, 11) is 1.66. The van der Waals surface area contributed by atoms with Gasteiger partial charge in [0.1, 0.15) is 5.69 Å². The van der Waals surface area contributed by atoms with Crippen molar-refractivity contribution in [3.05, 3.63) is 41.6 Å². The van der Waals surface area contributed by atoms with E-state index in [0.29, 0.717) is 6.42 Å². The van der Waals surface area contributed by atoms with Crippen molar-refractivity contribution < 1.29 is 9.90 Å². The van der Waals surface area contributed by atoms with E-state index in [9.17, 15) is 9.90 Å². The monoisotopic (exact) mass is 230 g/mol. The quantitative estimate of drug-likeness (QED) is 0.880. The number of benzene rings is 1. The molecule has 0 aliphatic heterocycles. The minimum absolute atomic E-state index is 0.270. The summed E-state index contributed by atoms with van der Waals surface area (Å²) < 4.78 is 1.43. The summed E-state index contributed by atoms with van der Waals surface area (Å²) in [4.78, 5) is 11.2. The van der Waals surface area contributed by atoms with Gasteiger partial charge in [-0.1, -0.05) is 37.3 Å². The molecule has 0 bridgehead atoms. The SMILES string of the molecule is CCc1c(-c2ccccc2)nn(C)c1C(=O)O. The Morgan fingerprint density at radius 3 is 2.53 bits per heavy atom. The lowest BCUT2D eigenvalue weighted by atomic mass is 10.0. The van der Waals surface area contributed by atoms with Gasteiger partial charge in [-0.05, 0) is 6.42 Å². The molecule has 0 aliphatic carbocycles. The maximum atomic E-state index is 11.2. The van der Waals surface area contributed by atoms with Crippen molar-refractivity contribution in [2.45, 2.75) is 13.3 Å². The maximum absolute atomic E-state index is 11.2. The van der Waals surface area contributed by atoms with Crippen molar-refractivity contribution in [2.75, 3.05) is 0 Å². The highest BCUT2D eigenvalue weighted by Gasteiger charge is 2.20. The summed E-state index contributed by atoms with van der Waals surface area (Å²) in [6, 6.07) is 9.64. The molecular formula is C13H14N2O2. The van der Waals surface area contributed by atoms with Crippen LogP contribution in [0, 0.1) is 0 Å². The lowest BCUT2D eigenvalue weighted by Crippen LogP contribution is -2.07. The molecule has 0 unspecified atom stereocenters. The first kappa shape index (κ1) is 11.4. The van der Waals surface area contributed by atoms with Gasteiger partial charge in [0.2, 0.25) is 0 Å². The zero-order valence-corrected chi connectivity index (χ0v) is 9.84. The number of carboxylic acid groups (broad SMARTS) is 1. The highest BCUT2D eigenvalue weighted by molar-refractivity contribution is 5.90. The number of aromatic carboxylic acids is 1. The Kier molecular flexibility index (Phi) is 2.95. The van der Waals surface area contributed by atoms with Crippen LogP contribution in [0.5, 0.6) is 0 Å². The highest BCUT2D eigenvalue weighted by atomic mass is 16.4.